The lowest BCUT2D eigenvalue weighted by Gasteiger charge is -2.19. The van der Waals surface area contributed by atoms with E-state index in [1.54, 1.807) is 0 Å². The zero-order chi connectivity index (χ0) is 14.0. The zero-order valence-electron chi connectivity index (χ0n) is 11.4. The highest BCUT2D eigenvalue weighted by Gasteiger charge is 2.21. The van der Waals surface area contributed by atoms with Gasteiger partial charge in [0.2, 0.25) is 0 Å². The van der Waals surface area contributed by atoms with Crippen LogP contribution < -0.4 is 11.3 Å². The molecule has 2 rings (SSSR count). The fourth-order valence-corrected chi connectivity index (χ4v) is 2.17. The molecule has 0 bridgehead atoms. The van der Waals surface area contributed by atoms with Gasteiger partial charge in [-0.3, -0.25) is 5.10 Å². The van der Waals surface area contributed by atoms with Crippen molar-refractivity contribution in [2.75, 3.05) is 5.43 Å². The molecule has 0 aliphatic rings. The van der Waals surface area contributed by atoms with Crippen molar-refractivity contribution in [1.82, 2.24) is 25.1 Å². The van der Waals surface area contributed by atoms with Gasteiger partial charge in [-0.1, -0.05) is 20.8 Å². The van der Waals surface area contributed by atoms with Crippen LogP contribution in [0.1, 0.15) is 32.2 Å². The standard InChI is InChI=1S/C11H17N7S/c1-6-7(17-12)15-9(11(2,3)4)16-8(6)19-10-13-5-14-18-10/h5H,12H2,1-4H3,(H,13,14,18)(H,15,16,17). The van der Waals surface area contributed by atoms with Gasteiger partial charge in [0.15, 0.2) is 5.16 Å². The van der Waals surface area contributed by atoms with Crippen LogP contribution >= 0.6 is 11.8 Å². The lowest BCUT2D eigenvalue weighted by molar-refractivity contribution is 0.538. The summed E-state index contributed by atoms with van der Waals surface area (Å²) in [5, 5.41) is 8.11. The van der Waals surface area contributed by atoms with Crippen molar-refractivity contribution < 1.29 is 0 Å². The summed E-state index contributed by atoms with van der Waals surface area (Å²) in [7, 11) is 0. The normalized spacial score (nSPS) is 11.6. The maximum absolute atomic E-state index is 5.52. The molecule has 2 aromatic rings. The smallest absolute Gasteiger partial charge is 0.189 e. The van der Waals surface area contributed by atoms with E-state index >= 15 is 0 Å². The van der Waals surface area contributed by atoms with Gasteiger partial charge >= 0.3 is 0 Å². The molecule has 7 nitrogen and oxygen atoms in total. The number of hydrogen-bond donors (Lipinski definition) is 3. The number of nitrogens with two attached hydrogens (primary N) is 1. The number of aromatic amines is 1. The number of hydrazine groups is 1. The second kappa shape index (κ2) is 5.14. The van der Waals surface area contributed by atoms with Crippen molar-refractivity contribution in [3.05, 3.63) is 17.7 Å². The Morgan fingerprint density at radius 3 is 2.58 bits per heavy atom. The quantitative estimate of drug-likeness (QED) is 0.445. The summed E-state index contributed by atoms with van der Waals surface area (Å²) in [6, 6.07) is 0. The summed E-state index contributed by atoms with van der Waals surface area (Å²) >= 11 is 1.40. The van der Waals surface area contributed by atoms with Gasteiger partial charge in [-0.25, -0.2) is 20.8 Å². The molecule has 0 radical (unpaired) electrons. The number of hydrogen-bond acceptors (Lipinski definition) is 7. The molecule has 0 unspecified atom stereocenters. The SMILES string of the molecule is Cc1c(NN)nc(C(C)(C)C)nc1Sc1ncn[nH]1. The average molecular weight is 279 g/mol. The Morgan fingerprint density at radius 2 is 2.05 bits per heavy atom. The van der Waals surface area contributed by atoms with Crippen LogP contribution in [0, 0.1) is 6.92 Å². The maximum Gasteiger partial charge on any atom is 0.189 e. The van der Waals surface area contributed by atoms with E-state index in [9.17, 15) is 0 Å². The van der Waals surface area contributed by atoms with Gasteiger partial charge in [-0.2, -0.15) is 5.10 Å². The molecule has 0 fully saturated rings. The Balaban J connectivity index is 2.46. The molecule has 8 heteroatoms. The van der Waals surface area contributed by atoms with Crippen molar-refractivity contribution in [3.8, 4) is 0 Å². The molecular formula is C11H17N7S. The molecule has 0 saturated heterocycles. The first-order chi connectivity index (χ1) is 8.91. The Bertz CT molecular complexity index is 559. The van der Waals surface area contributed by atoms with Gasteiger partial charge in [0.1, 0.15) is 23.0 Å². The molecule has 0 aliphatic heterocycles. The van der Waals surface area contributed by atoms with Gasteiger partial charge in [-0.15, -0.1) is 0 Å². The van der Waals surface area contributed by atoms with Crippen LogP contribution in [-0.2, 0) is 5.41 Å². The second-order valence-corrected chi connectivity index (χ2v) is 6.09. The van der Waals surface area contributed by atoms with Crippen LogP contribution in [0.25, 0.3) is 0 Å². The van der Waals surface area contributed by atoms with Crippen LogP contribution in [0.2, 0.25) is 0 Å². The summed E-state index contributed by atoms with van der Waals surface area (Å²) in [4.78, 5) is 13.1. The third-order valence-electron chi connectivity index (χ3n) is 2.49. The van der Waals surface area contributed by atoms with Crippen LogP contribution in [-0.4, -0.2) is 25.1 Å². The Morgan fingerprint density at radius 1 is 1.32 bits per heavy atom. The second-order valence-electron chi connectivity index (χ2n) is 5.11. The van der Waals surface area contributed by atoms with E-state index in [1.165, 1.54) is 18.1 Å². The van der Waals surface area contributed by atoms with Crippen molar-refractivity contribution in [2.45, 2.75) is 43.3 Å². The fourth-order valence-electron chi connectivity index (χ4n) is 1.41. The minimum atomic E-state index is -0.157. The lowest BCUT2D eigenvalue weighted by Crippen LogP contribution is -2.20. The molecule has 0 atom stereocenters. The summed E-state index contributed by atoms with van der Waals surface area (Å²) in [6.07, 6.45) is 1.46. The highest BCUT2D eigenvalue weighted by atomic mass is 32.2. The molecule has 0 aliphatic carbocycles. The first-order valence-corrected chi connectivity index (χ1v) is 6.62. The molecule has 0 aromatic carbocycles. The molecule has 0 amide bonds. The maximum atomic E-state index is 5.52. The van der Waals surface area contributed by atoms with Gasteiger partial charge in [0, 0.05) is 11.0 Å². The first kappa shape index (κ1) is 13.8. The monoisotopic (exact) mass is 279 g/mol. The molecule has 19 heavy (non-hydrogen) atoms. The third kappa shape index (κ3) is 3.02. The topological polar surface area (TPSA) is 105 Å². The van der Waals surface area contributed by atoms with E-state index in [2.05, 4.69) is 51.3 Å². The predicted octanol–water partition coefficient (Wildman–Crippen LogP) is 1.64. The summed E-state index contributed by atoms with van der Waals surface area (Å²) < 4.78 is 0. The molecule has 2 heterocycles. The fraction of sp³-hybridized carbons (Fsp3) is 0.455. The van der Waals surface area contributed by atoms with E-state index < -0.39 is 0 Å². The number of rotatable bonds is 3. The van der Waals surface area contributed by atoms with Gasteiger partial charge in [0.25, 0.3) is 0 Å². The molecule has 0 saturated carbocycles. The lowest BCUT2D eigenvalue weighted by atomic mass is 9.95. The third-order valence-corrected chi connectivity index (χ3v) is 3.48. The first-order valence-electron chi connectivity index (χ1n) is 5.80. The van der Waals surface area contributed by atoms with E-state index in [-0.39, 0.29) is 5.41 Å². The van der Waals surface area contributed by atoms with Crippen molar-refractivity contribution in [1.29, 1.82) is 0 Å². The van der Waals surface area contributed by atoms with Gasteiger partial charge < -0.3 is 5.43 Å². The minimum absolute atomic E-state index is 0.157. The van der Waals surface area contributed by atoms with E-state index in [0.717, 1.165) is 16.4 Å². The molecule has 4 N–H and O–H groups in total. The largest absolute Gasteiger partial charge is 0.308 e. The van der Waals surface area contributed by atoms with E-state index in [1.807, 2.05) is 6.92 Å². The van der Waals surface area contributed by atoms with Gasteiger partial charge in [0.05, 0.1) is 0 Å². The molecule has 0 spiro atoms. The highest BCUT2D eigenvalue weighted by Crippen LogP contribution is 2.31. The van der Waals surface area contributed by atoms with Crippen LogP contribution in [0.15, 0.2) is 16.5 Å². The van der Waals surface area contributed by atoms with Crippen molar-refractivity contribution in [2.24, 2.45) is 5.84 Å². The molecule has 2 aromatic heterocycles. The average Bonchev–Trinajstić information content (AvgIpc) is 2.83. The molecule has 102 valence electrons. The molecular weight excluding hydrogens is 262 g/mol. The zero-order valence-corrected chi connectivity index (χ0v) is 12.2. The Hall–Kier alpha value is -1.67. The number of anilines is 1. The van der Waals surface area contributed by atoms with Crippen LogP contribution in [0.3, 0.4) is 0 Å². The number of H-pyrrole nitrogens is 1. The van der Waals surface area contributed by atoms with Crippen molar-refractivity contribution in [3.63, 3.8) is 0 Å². The number of nitrogens with zero attached hydrogens (tertiary/aromatic N) is 4. The Kier molecular flexibility index (Phi) is 3.72. The Labute approximate surface area is 115 Å². The predicted molar refractivity (Wildman–Crippen MR) is 73.8 cm³/mol. The highest BCUT2D eigenvalue weighted by molar-refractivity contribution is 7.99. The summed E-state index contributed by atoms with van der Waals surface area (Å²) in [6.45, 7) is 8.09. The van der Waals surface area contributed by atoms with Gasteiger partial charge in [-0.05, 0) is 18.7 Å². The summed E-state index contributed by atoms with van der Waals surface area (Å²) in [5.41, 5.74) is 3.35. The van der Waals surface area contributed by atoms with E-state index in [4.69, 9.17) is 5.84 Å². The number of nitrogen functional groups attached to an aromatic ring is 1. The van der Waals surface area contributed by atoms with Crippen LogP contribution in [0.5, 0.6) is 0 Å². The van der Waals surface area contributed by atoms with Crippen LogP contribution in [0.4, 0.5) is 5.82 Å². The number of aromatic nitrogens is 5. The number of nitrogens with one attached hydrogen (secondary N) is 2. The van der Waals surface area contributed by atoms with E-state index in [0.29, 0.717) is 11.0 Å². The van der Waals surface area contributed by atoms with Crippen molar-refractivity contribution >= 4 is 17.6 Å². The minimum Gasteiger partial charge on any atom is -0.308 e. The summed E-state index contributed by atoms with van der Waals surface area (Å²) in [5.74, 6) is 6.88.